The van der Waals surface area contributed by atoms with Crippen molar-refractivity contribution in [1.29, 1.82) is 0 Å². The Morgan fingerprint density at radius 1 is 0.880 bits per heavy atom. The number of hydrogen-bond acceptors (Lipinski definition) is 1. The van der Waals surface area contributed by atoms with Crippen molar-refractivity contribution < 1.29 is 39.9 Å². The Labute approximate surface area is 135 Å². The Kier molecular flexibility index (Phi) is 4.96. The third-order valence-electron chi connectivity index (χ3n) is 3.08. The van der Waals surface area contributed by atoms with Crippen LogP contribution in [0.3, 0.4) is 0 Å². The van der Waals surface area contributed by atoms with Gasteiger partial charge in [-0.15, -0.1) is 0 Å². The maximum atomic E-state index is 13.8. The van der Waals surface area contributed by atoms with E-state index in [0.717, 1.165) is 12.1 Å². The second-order valence-electron chi connectivity index (χ2n) is 4.82. The van der Waals surface area contributed by atoms with E-state index in [2.05, 4.69) is 0 Å². The summed E-state index contributed by atoms with van der Waals surface area (Å²) < 4.78 is 104. The van der Waals surface area contributed by atoms with Gasteiger partial charge in [-0.05, 0) is 29.8 Å². The first-order valence-corrected chi connectivity index (χ1v) is 6.44. The summed E-state index contributed by atoms with van der Waals surface area (Å²) in [5.74, 6) is -6.79. The summed E-state index contributed by atoms with van der Waals surface area (Å²) in [6, 6.07) is 1.06. The first-order chi connectivity index (χ1) is 11.5. The minimum atomic E-state index is -5.14. The normalized spacial score (nSPS) is 12.4. The summed E-state index contributed by atoms with van der Waals surface area (Å²) in [5.41, 5.74) is -3.14. The molecular formula is C16H6F8O. The largest absolute Gasteiger partial charge is 0.412 e. The zero-order valence-electron chi connectivity index (χ0n) is 11.9. The summed E-state index contributed by atoms with van der Waals surface area (Å²) in [4.78, 5) is 10.5. The third kappa shape index (κ3) is 4.23. The van der Waals surface area contributed by atoms with Crippen LogP contribution in [0.15, 0.2) is 36.4 Å². The lowest BCUT2D eigenvalue weighted by molar-refractivity contribution is -0.0798. The fourth-order valence-electron chi connectivity index (χ4n) is 2.04. The van der Waals surface area contributed by atoms with E-state index in [-0.39, 0.29) is 0 Å². The van der Waals surface area contributed by atoms with E-state index in [1.807, 2.05) is 0 Å². The van der Waals surface area contributed by atoms with Gasteiger partial charge >= 0.3 is 12.2 Å². The highest BCUT2D eigenvalue weighted by atomic mass is 19.4. The third-order valence-corrected chi connectivity index (χ3v) is 3.08. The number of alkyl halides is 3. The molecule has 0 unspecified atom stereocenters. The molecule has 0 spiro atoms. The molecule has 0 saturated heterocycles. The van der Waals surface area contributed by atoms with Gasteiger partial charge in [0, 0.05) is 5.56 Å². The van der Waals surface area contributed by atoms with Gasteiger partial charge in [0.2, 0.25) is 0 Å². The maximum absolute atomic E-state index is 13.8. The summed E-state index contributed by atoms with van der Waals surface area (Å²) in [7, 11) is 0. The van der Waals surface area contributed by atoms with Crippen LogP contribution in [0.5, 0.6) is 0 Å². The van der Waals surface area contributed by atoms with Crippen LogP contribution >= 0.6 is 0 Å². The minimum absolute atomic E-state index is 0.414. The lowest BCUT2D eigenvalue weighted by atomic mass is 10.0. The predicted octanol–water partition coefficient (Wildman–Crippen LogP) is 5.75. The Hall–Kier alpha value is -2.71. The number of allylic oxidation sites excluding steroid dienone is 1. The molecule has 2 rings (SSSR count). The molecule has 1 nitrogen and oxygen atoms in total. The van der Waals surface area contributed by atoms with E-state index in [1.165, 1.54) is 0 Å². The van der Waals surface area contributed by atoms with E-state index < -0.39 is 63.8 Å². The highest BCUT2D eigenvalue weighted by Crippen LogP contribution is 2.32. The van der Waals surface area contributed by atoms with Crippen LogP contribution in [0.2, 0.25) is 0 Å². The summed E-state index contributed by atoms with van der Waals surface area (Å²) in [6.07, 6.45) is -6.06. The molecular weight excluding hydrogens is 360 g/mol. The number of carbonyl (C=O) groups excluding carboxylic acids is 1. The molecule has 2 aromatic rings. The molecule has 0 radical (unpaired) electrons. The van der Waals surface area contributed by atoms with Crippen LogP contribution in [0, 0.1) is 17.5 Å². The van der Waals surface area contributed by atoms with Crippen molar-refractivity contribution in [2.24, 2.45) is 0 Å². The molecule has 0 aliphatic heterocycles. The summed E-state index contributed by atoms with van der Waals surface area (Å²) in [6.45, 7) is 0. The van der Waals surface area contributed by atoms with Gasteiger partial charge in [-0.25, -0.2) is 17.6 Å². The minimum Gasteiger partial charge on any atom is -0.255 e. The molecule has 0 fully saturated rings. The van der Waals surface area contributed by atoms with E-state index >= 15 is 0 Å². The molecule has 132 valence electrons. The van der Waals surface area contributed by atoms with Crippen LogP contribution in [0.25, 0.3) is 17.0 Å². The molecule has 25 heavy (non-hydrogen) atoms. The molecule has 0 aromatic heterocycles. The van der Waals surface area contributed by atoms with Crippen LogP contribution in [0.4, 0.5) is 35.1 Å². The molecule has 0 heterocycles. The number of benzene rings is 2. The quantitative estimate of drug-likeness (QED) is 0.499. The molecule has 0 N–H and O–H groups in total. The first-order valence-electron chi connectivity index (χ1n) is 6.44. The van der Waals surface area contributed by atoms with Crippen molar-refractivity contribution in [3.8, 4) is 11.1 Å². The van der Waals surface area contributed by atoms with Gasteiger partial charge in [0.25, 0.3) is 0 Å². The topological polar surface area (TPSA) is 17.1 Å². The monoisotopic (exact) mass is 366 g/mol. The van der Waals surface area contributed by atoms with Crippen molar-refractivity contribution in [3.05, 3.63) is 65.0 Å². The van der Waals surface area contributed by atoms with Crippen molar-refractivity contribution >= 4 is 11.9 Å². The van der Waals surface area contributed by atoms with Crippen LogP contribution in [-0.4, -0.2) is 12.2 Å². The zero-order valence-corrected chi connectivity index (χ0v) is 11.9. The molecule has 0 bridgehead atoms. The van der Waals surface area contributed by atoms with Gasteiger partial charge in [0.15, 0.2) is 0 Å². The molecule has 0 amide bonds. The van der Waals surface area contributed by atoms with Gasteiger partial charge in [-0.1, -0.05) is 6.07 Å². The van der Waals surface area contributed by atoms with Crippen molar-refractivity contribution in [3.63, 3.8) is 0 Å². The fraction of sp³-hybridized carbons (Fsp3) is 0.0625. The number of carbonyl (C=O) groups is 1. The van der Waals surface area contributed by atoms with Crippen LogP contribution in [0.1, 0.15) is 15.9 Å². The summed E-state index contributed by atoms with van der Waals surface area (Å²) >= 11 is 0. The lowest BCUT2D eigenvalue weighted by Crippen LogP contribution is -2.04. The summed E-state index contributed by atoms with van der Waals surface area (Å²) in [5, 5.41) is 0. The van der Waals surface area contributed by atoms with Gasteiger partial charge < -0.3 is 0 Å². The number of rotatable bonds is 3. The molecule has 0 saturated carbocycles. The predicted molar refractivity (Wildman–Crippen MR) is 72.3 cm³/mol. The van der Waals surface area contributed by atoms with E-state index in [1.54, 1.807) is 0 Å². The van der Waals surface area contributed by atoms with E-state index in [0.29, 0.717) is 18.2 Å². The first kappa shape index (κ1) is 18.6. The zero-order chi connectivity index (χ0) is 18.9. The Balaban J connectivity index is 2.54. The second-order valence-corrected chi connectivity index (χ2v) is 4.82. The standard InChI is InChI=1S/C16H6F8O/c17-10-3-7(15(21)25)1-2-9(10)8-4-11(18)14(12(19)5-8)13(20)6-16(22,23)24/h1-6H. The lowest BCUT2D eigenvalue weighted by Gasteiger charge is -2.09. The van der Waals surface area contributed by atoms with Crippen molar-refractivity contribution in [1.82, 2.24) is 0 Å². The van der Waals surface area contributed by atoms with Crippen molar-refractivity contribution in [2.45, 2.75) is 6.18 Å². The Morgan fingerprint density at radius 3 is 1.88 bits per heavy atom. The SMILES string of the molecule is O=C(F)c1ccc(-c2cc(F)c(C(F)=CC(F)(F)F)c(F)c2)c(F)c1. The second kappa shape index (κ2) is 6.66. The molecule has 2 aromatic carbocycles. The number of hydrogen-bond donors (Lipinski definition) is 0. The highest BCUT2D eigenvalue weighted by Gasteiger charge is 2.28. The smallest absolute Gasteiger partial charge is 0.255 e. The van der Waals surface area contributed by atoms with Gasteiger partial charge in [0.1, 0.15) is 23.3 Å². The molecule has 0 atom stereocenters. The molecule has 9 heteroatoms. The van der Waals surface area contributed by atoms with Gasteiger partial charge in [0.05, 0.1) is 17.2 Å². The van der Waals surface area contributed by atoms with E-state index in [9.17, 15) is 39.9 Å². The fourth-order valence-corrected chi connectivity index (χ4v) is 2.04. The van der Waals surface area contributed by atoms with E-state index in [4.69, 9.17) is 0 Å². The Bertz CT molecular complexity index is 844. The average molecular weight is 366 g/mol. The molecule has 0 aliphatic carbocycles. The molecule has 0 aliphatic rings. The highest BCUT2D eigenvalue weighted by molar-refractivity contribution is 5.89. The number of halogens is 8. The van der Waals surface area contributed by atoms with Gasteiger partial charge in [-0.2, -0.15) is 17.6 Å². The van der Waals surface area contributed by atoms with Crippen LogP contribution < -0.4 is 0 Å². The Morgan fingerprint density at radius 2 is 1.44 bits per heavy atom. The maximum Gasteiger partial charge on any atom is 0.412 e. The van der Waals surface area contributed by atoms with Crippen LogP contribution in [-0.2, 0) is 0 Å². The average Bonchev–Trinajstić information content (AvgIpc) is 2.44. The van der Waals surface area contributed by atoms with Crippen molar-refractivity contribution in [2.75, 3.05) is 0 Å². The van der Waals surface area contributed by atoms with Gasteiger partial charge in [-0.3, -0.25) is 4.79 Å².